The Bertz CT molecular complexity index is 3750. The first-order valence-corrected chi connectivity index (χ1v) is 27.5. The van der Waals surface area contributed by atoms with Crippen LogP contribution >= 0.6 is 0 Å². The molecule has 7 heterocycles. The Balaban J connectivity index is 0.820. The summed E-state index contributed by atoms with van der Waals surface area (Å²) in [7, 11) is 0. The van der Waals surface area contributed by atoms with Crippen molar-refractivity contribution in [1.29, 1.82) is 0 Å². The van der Waals surface area contributed by atoms with Crippen LogP contribution in [0, 0.1) is 32.6 Å². The smallest absolute Gasteiger partial charge is 0.338 e. The van der Waals surface area contributed by atoms with Crippen molar-refractivity contribution in [3.8, 4) is 0 Å². The van der Waals surface area contributed by atoms with E-state index in [-0.39, 0.29) is 77.6 Å². The second kappa shape index (κ2) is 25.8. The number of nitrogens with two attached hydrogens (primary N) is 1. The highest BCUT2D eigenvalue weighted by atomic mass is 16.4. The monoisotopic (exact) mass is 1120 g/mol. The van der Waals surface area contributed by atoms with Gasteiger partial charge in [0.1, 0.15) is 11.9 Å². The minimum absolute atomic E-state index is 0.0268. The van der Waals surface area contributed by atoms with Gasteiger partial charge in [-0.15, -0.1) is 0 Å². The molecule has 1 fully saturated rings. The summed E-state index contributed by atoms with van der Waals surface area (Å²) >= 11 is 0. The number of fused-ring (bicyclic) bond motifs is 9. The number of allylic oxidation sites excluding steroid dienone is 2. The number of carbonyl (C=O) groups is 6. The molecule has 1 saturated heterocycles. The number of aliphatic carboxylic acids is 2. The van der Waals surface area contributed by atoms with Crippen LogP contribution in [0.1, 0.15) is 149 Å². The molecule has 8 bridgehead atoms. The van der Waals surface area contributed by atoms with Crippen LogP contribution in [0.25, 0.3) is 40.9 Å². The van der Waals surface area contributed by atoms with E-state index in [2.05, 4.69) is 76.1 Å². The number of carboxylic acid groups (broad SMARTS) is 3. The predicted molar refractivity (Wildman–Crippen MR) is 313 cm³/mol. The number of unbranched alkanes of at least 4 members (excludes halogenated alkanes) is 3. The normalized spacial score (nSPS) is 14.9. The number of aromatic nitrogens is 6. The first-order valence-electron chi connectivity index (χ1n) is 27.5. The van der Waals surface area contributed by atoms with Gasteiger partial charge in [0.05, 0.1) is 41.6 Å². The lowest BCUT2D eigenvalue weighted by molar-refractivity contribution is -0.139. The molecule has 5 aromatic heterocycles. The molecule has 430 valence electrons. The van der Waals surface area contributed by atoms with E-state index in [1.54, 1.807) is 19.1 Å². The minimum atomic E-state index is -1.31. The van der Waals surface area contributed by atoms with Gasteiger partial charge in [-0.2, -0.15) is 0 Å². The van der Waals surface area contributed by atoms with Gasteiger partial charge in [0.15, 0.2) is 5.52 Å². The fourth-order valence-electron chi connectivity index (χ4n) is 10.8. The number of H-pyrrole nitrogens is 4. The van der Waals surface area contributed by atoms with Crippen molar-refractivity contribution >= 4 is 88.0 Å². The number of nitrogens with one attached hydrogen (secondary N) is 9. The number of nitrogen functional groups attached to an aromatic ring is 1. The largest absolute Gasteiger partial charge is 0.481 e. The Morgan fingerprint density at radius 2 is 1.51 bits per heavy atom. The summed E-state index contributed by atoms with van der Waals surface area (Å²) < 4.78 is 0. The Morgan fingerprint density at radius 1 is 0.829 bits per heavy atom. The van der Waals surface area contributed by atoms with Crippen molar-refractivity contribution in [2.24, 2.45) is 11.8 Å². The van der Waals surface area contributed by atoms with Gasteiger partial charge >= 0.3 is 17.9 Å². The SMILES string of the molecule is C=Cc1c2[nH]c(c1C)C=C1NC(=C(CC(=O)O)c3[nH]c(c(C)c3C(=O)O)C=c3[nH]c(c(C)c3CC)=C2)C(CCC(=O)NCCCCCCNC(=O)CCC(NC(=O)c2ccc(NCc3cnc4cc(N)[nH]c(=O)c4n3)cc2)C(=O)O)C1C. The average Bonchev–Trinajstić information content (AvgIpc) is 3.04. The molecule has 14 N–H and O–H groups in total. The van der Waals surface area contributed by atoms with Gasteiger partial charge in [0.25, 0.3) is 11.5 Å². The number of carboxylic acids is 3. The van der Waals surface area contributed by atoms with Crippen LogP contribution in [0.2, 0.25) is 0 Å². The van der Waals surface area contributed by atoms with Crippen LogP contribution < -0.4 is 48.6 Å². The molecule has 8 rings (SSSR count). The Morgan fingerprint density at radius 3 is 2.17 bits per heavy atom. The molecule has 2 aliphatic heterocycles. The molecule has 0 spiro atoms. The third-order valence-corrected chi connectivity index (χ3v) is 15.4. The van der Waals surface area contributed by atoms with Crippen molar-refractivity contribution in [2.45, 2.75) is 111 Å². The van der Waals surface area contributed by atoms with Crippen LogP contribution in [0.3, 0.4) is 0 Å². The molecule has 0 aliphatic carbocycles. The van der Waals surface area contributed by atoms with E-state index in [0.29, 0.717) is 78.2 Å². The molecule has 0 saturated carbocycles. The number of benzene rings is 1. The number of nitrogens with zero attached hydrogens (tertiary/aromatic N) is 2. The number of hydrogen-bond acceptors (Lipinski definition) is 12. The van der Waals surface area contributed by atoms with Gasteiger partial charge in [0, 0.05) is 105 Å². The quantitative estimate of drug-likeness (QED) is 0.0327. The first kappa shape index (κ1) is 58.7. The lowest BCUT2D eigenvalue weighted by atomic mass is 9.85. The summed E-state index contributed by atoms with van der Waals surface area (Å²) in [6.07, 6.45) is 12.5. The fraction of sp³-hybridized carbons (Fsp3) is 0.350. The third-order valence-electron chi connectivity index (χ3n) is 15.4. The fourth-order valence-corrected chi connectivity index (χ4v) is 10.8. The van der Waals surface area contributed by atoms with Crippen LogP contribution in [0.15, 0.2) is 59.3 Å². The topological polar surface area (TPSA) is 355 Å². The number of aromatic carboxylic acids is 1. The lowest BCUT2D eigenvalue weighted by Crippen LogP contribution is -2.41. The molecule has 22 nitrogen and oxygen atoms in total. The van der Waals surface area contributed by atoms with Crippen LogP contribution in [-0.2, 0) is 32.1 Å². The Labute approximate surface area is 472 Å². The van der Waals surface area contributed by atoms with Crippen LogP contribution in [0.4, 0.5) is 11.5 Å². The number of pyridine rings is 1. The zero-order chi connectivity index (χ0) is 58.9. The van der Waals surface area contributed by atoms with E-state index in [1.807, 2.05) is 39.0 Å². The molecule has 3 atom stereocenters. The zero-order valence-corrected chi connectivity index (χ0v) is 46.6. The molecule has 82 heavy (non-hydrogen) atoms. The van der Waals surface area contributed by atoms with Crippen LogP contribution in [0.5, 0.6) is 0 Å². The second-order valence-electron chi connectivity index (χ2n) is 20.8. The molecule has 3 amide bonds. The Hall–Kier alpha value is -9.47. The number of anilines is 2. The molecular weight excluding hydrogens is 1050 g/mol. The van der Waals surface area contributed by atoms with E-state index < -0.39 is 41.8 Å². The summed E-state index contributed by atoms with van der Waals surface area (Å²) in [5.74, 6) is -5.22. The van der Waals surface area contributed by atoms with Crippen LogP contribution in [-0.4, -0.2) is 100.0 Å². The number of carbonyl (C=O) groups excluding carboxylic acids is 3. The molecule has 1 aromatic carbocycles. The highest BCUT2D eigenvalue weighted by Crippen LogP contribution is 2.43. The maximum absolute atomic E-state index is 13.5. The Kier molecular flexibility index (Phi) is 18.4. The third kappa shape index (κ3) is 13.4. The van der Waals surface area contributed by atoms with Crippen molar-refractivity contribution in [3.63, 3.8) is 0 Å². The van der Waals surface area contributed by atoms with Crippen molar-refractivity contribution < 1.29 is 44.1 Å². The van der Waals surface area contributed by atoms with Crippen molar-refractivity contribution in [1.82, 2.24) is 51.2 Å². The highest BCUT2D eigenvalue weighted by molar-refractivity contribution is 5.99. The molecule has 0 radical (unpaired) electrons. The average molecular weight is 1120 g/mol. The number of aromatic amines is 4. The number of amides is 3. The van der Waals surface area contributed by atoms with Gasteiger partial charge in [-0.05, 0) is 118 Å². The lowest BCUT2D eigenvalue weighted by Gasteiger charge is -2.19. The minimum Gasteiger partial charge on any atom is -0.481 e. The van der Waals surface area contributed by atoms with E-state index in [4.69, 9.17) is 5.73 Å². The summed E-state index contributed by atoms with van der Waals surface area (Å²) in [5, 5.41) is 47.6. The van der Waals surface area contributed by atoms with Gasteiger partial charge in [-0.25, -0.2) is 14.6 Å². The molecule has 2 aliphatic rings. The van der Waals surface area contributed by atoms with E-state index in [1.165, 1.54) is 24.4 Å². The summed E-state index contributed by atoms with van der Waals surface area (Å²) in [6.45, 7) is 14.9. The van der Waals surface area contributed by atoms with E-state index >= 15 is 0 Å². The van der Waals surface area contributed by atoms with Crippen molar-refractivity contribution in [2.75, 3.05) is 24.1 Å². The maximum atomic E-state index is 13.5. The molecule has 22 heteroatoms. The second-order valence-corrected chi connectivity index (χ2v) is 20.8. The predicted octanol–water partition coefficient (Wildman–Crippen LogP) is 5.62. The molecule has 6 aromatic rings. The van der Waals surface area contributed by atoms with Gasteiger partial charge in [-0.1, -0.05) is 39.3 Å². The van der Waals surface area contributed by atoms with E-state index in [0.717, 1.165) is 62.9 Å². The summed E-state index contributed by atoms with van der Waals surface area (Å²) in [6, 6.07) is 6.54. The first-order chi connectivity index (χ1) is 39.2. The molecule has 3 unspecified atom stereocenters. The highest BCUT2D eigenvalue weighted by Gasteiger charge is 2.37. The summed E-state index contributed by atoms with van der Waals surface area (Å²) in [5.41, 5.74) is 15.5. The standard InChI is InChI=1S/C60H70N12O10/c1-7-37-30(3)42-24-44-32(5)39(54(69-44)40(23-52(75)76)55-53(60(81)82)33(6)45(70-55)26-47-38(8-2)31(4)43(68-47)25-46(37)67-42)17-19-50(73)62-21-11-9-10-12-22-63-51(74)20-18-41(59(79)80)71-57(77)34-13-15-35(16-14-34)64-28-36-29-65-48-27-49(61)72-58(78)56(48)66-36/h7,13-16,24-27,29,32,39,41,64,67-70H,1,8-12,17-23,28H2,2-6H3,(H,62,73)(H,63,74)(H,71,77)(H,75,76)(H,79,80)(H,81,82)(H3,61,72,78). The zero-order valence-electron chi connectivity index (χ0n) is 46.6. The molecular formula is C60H70N12O10. The van der Waals surface area contributed by atoms with Gasteiger partial charge < -0.3 is 67.6 Å². The van der Waals surface area contributed by atoms with Gasteiger partial charge in [-0.3, -0.25) is 29.0 Å². The van der Waals surface area contributed by atoms with E-state index in [9.17, 15) is 48.9 Å². The van der Waals surface area contributed by atoms with Gasteiger partial charge in [0.2, 0.25) is 11.8 Å². The maximum Gasteiger partial charge on any atom is 0.338 e. The number of rotatable bonds is 24. The number of hydrogen-bond donors (Lipinski definition) is 13. The van der Waals surface area contributed by atoms with Crippen molar-refractivity contribution in [3.05, 3.63) is 143 Å². The summed E-state index contributed by atoms with van der Waals surface area (Å²) in [4.78, 5) is 111.